The average Bonchev–Trinajstić information content (AvgIpc) is 3.27. The predicted octanol–water partition coefficient (Wildman–Crippen LogP) is 3.19. The third kappa shape index (κ3) is 3.31. The molecule has 5 nitrogen and oxygen atoms in total. The van der Waals surface area contributed by atoms with Crippen molar-refractivity contribution in [3.05, 3.63) is 78.5 Å². The lowest BCUT2D eigenvalue weighted by molar-refractivity contribution is 0.0935. The molecule has 1 N–H and O–H groups in total. The summed E-state index contributed by atoms with van der Waals surface area (Å²) in [5.41, 5.74) is 1.97. The standard InChI is InChI=1S/C20H20N4O/c1-14(17-12-18(17)15-5-3-2-4-6-15)23-20(25)16-7-8-22-19(11-16)24-10-9-21-13-24/h2-11,13-14,17-18H,12H2,1H3,(H,23,25)/t14-,17+,18-/m0/s1. The number of imidazole rings is 1. The van der Waals surface area contributed by atoms with Crippen molar-refractivity contribution >= 4 is 5.91 Å². The van der Waals surface area contributed by atoms with Crippen LogP contribution in [0.5, 0.6) is 0 Å². The van der Waals surface area contributed by atoms with E-state index in [0.29, 0.717) is 23.2 Å². The lowest BCUT2D eigenvalue weighted by atomic mass is 10.1. The van der Waals surface area contributed by atoms with Crippen LogP contribution in [0.4, 0.5) is 0 Å². The van der Waals surface area contributed by atoms with Crippen LogP contribution in [0.2, 0.25) is 0 Å². The highest BCUT2D eigenvalue weighted by Gasteiger charge is 2.42. The quantitative estimate of drug-likeness (QED) is 0.780. The Morgan fingerprint density at radius 1 is 1.24 bits per heavy atom. The first-order valence-corrected chi connectivity index (χ1v) is 8.52. The summed E-state index contributed by atoms with van der Waals surface area (Å²) in [5, 5.41) is 3.14. The fraction of sp³-hybridized carbons (Fsp3) is 0.250. The van der Waals surface area contributed by atoms with Gasteiger partial charge >= 0.3 is 0 Å². The topological polar surface area (TPSA) is 59.8 Å². The van der Waals surface area contributed by atoms with Crippen LogP contribution in [0.1, 0.15) is 35.2 Å². The highest BCUT2D eigenvalue weighted by atomic mass is 16.1. The molecular weight excluding hydrogens is 312 g/mol. The molecule has 1 amide bonds. The monoisotopic (exact) mass is 332 g/mol. The van der Waals surface area contributed by atoms with Gasteiger partial charge < -0.3 is 5.32 Å². The lowest BCUT2D eigenvalue weighted by Crippen LogP contribution is -2.34. The molecule has 0 radical (unpaired) electrons. The zero-order chi connectivity index (χ0) is 17.2. The largest absolute Gasteiger partial charge is 0.349 e. The van der Waals surface area contributed by atoms with E-state index in [9.17, 15) is 4.79 Å². The molecule has 25 heavy (non-hydrogen) atoms. The summed E-state index contributed by atoms with van der Waals surface area (Å²) in [6, 6.07) is 14.2. The summed E-state index contributed by atoms with van der Waals surface area (Å²) in [7, 11) is 0. The first-order chi connectivity index (χ1) is 12.2. The van der Waals surface area contributed by atoms with Gasteiger partial charge in [-0.15, -0.1) is 0 Å². The molecule has 126 valence electrons. The van der Waals surface area contributed by atoms with Crippen LogP contribution in [0.3, 0.4) is 0 Å². The smallest absolute Gasteiger partial charge is 0.251 e. The predicted molar refractivity (Wildman–Crippen MR) is 95.6 cm³/mol. The third-order valence-corrected chi connectivity index (χ3v) is 4.85. The van der Waals surface area contributed by atoms with Crippen molar-refractivity contribution in [1.82, 2.24) is 19.9 Å². The van der Waals surface area contributed by atoms with Crippen LogP contribution in [-0.2, 0) is 0 Å². The molecule has 0 aliphatic heterocycles. The minimum Gasteiger partial charge on any atom is -0.349 e. The Hall–Kier alpha value is -2.95. The summed E-state index contributed by atoms with van der Waals surface area (Å²) in [6.07, 6.45) is 7.94. The van der Waals surface area contributed by atoms with E-state index >= 15 is 0 Å². The fourth-order valence-corrected chi connectivity index (χ4v) is 3.34. The number of hydrogen-bond acceptors (Lipinski definition) is 3. The van der Waals surface area contributed by atoms with Gasteiger partial charge in [-0.1, -0.05) is 30.3 Å². The second kappa shape index (κ2) is 6.51. The number of nitrogens with zero attached hydrogens (tertiary/aromatic N) is 3. The van der Waals surface area contributed by atoms with Crippen molar-refractivity contribution < 1.29 is 4.79 Å². The Bertz CT molecular complexity index is 860. The maximum Gasteiger partial charge on any atom is 0.251 e. The molecule has 4 rings (SSSR count). The van der Waals surface area contributed by atoms with E-state index in [0.717, 1.165) is 6.42 Å². The normalized spacial score (nSPS) is 20.0. The van der Waals surface area contributed by atoms with Crippen LogP contribution in [0.25, 0.3) is 5.82 Å². The van der Waals surface area contributed by atoms with Crippen molar-refractivity contribution in [3.63, 3.8) is 0 Å². The van der Waals surface area contributed by atoms with Gasteiger partial charge in [-0.3, -0.25) is 9.36 Å². The van der Waals surface area contributed by atoms with Crippen molar-refractivity contribution in [1.29, 1.82) is 0 Å². The number of amides is 1. The molecule has 1 aromatic carbocycles. The maximum absolute atomic E-state index is 12.6. The molecule has 2 heterocycles. The highest BCUT2D eigenvalue weighted by molar-refractivity contribution is 5.94. The molecule has 2 aromatic heterocycles. The minimum absolute atomic E-state index is 0.0602. The van der Waals surface area contributed by atoms with Crippen LogP contribution in [0.15, 0.2) is 67.4 Å². The summed E-state index contributed by atoms with van der Waals surface area (Å²) >= 11 is 0. The first kappa shape index (κ1) is 15.6. The Labute approximate surface area is 146 Å². The van der Waals surface area contributed by atoms with E-state index in [1.165, 1.54) is 5.56 Å². The Kier molecular flexibility index (Phi) is 4.06. The molecule has 3 aromatic rings. The number of hydrogen-bond donors (Lipinski definition) is 1. The first-order valence-electron chi connectivity index (χ1n) is 8.52. The average molecular weight is 332 g/mol. The number of rotatable bonds is 5. The van der Waals surface area contributed by atoms with Gasteiger partial charge in [-0.2, -0.15) is 0 Å². The second-order valence-electron chi connectivity index (χ2n) is 6.55. The van der Waals surface area contributed by atoms with E-state index in [1.807, 2.05) is 6.07 Å². The summed E-state index contributed by atoms with van der Waals surface area (Å²) in [4.78, 5) is 20.9. The molecule has 1 aliphatic rings. The lowest BCUT2D eigenvalue weighted by Gasteiger charge is -2.14. The van der Waals surface area contributed by atoms with E-state index < -0.39 is 0 Å². The van der Waals surface area contributed by atoms with Crippen molar-refractivity contribution in [3.8, 4) is 5.82 Å². The molecule has 5 heteroatoms. The molecule has 1 saturated carbocycles. The van der Waals surface area contributed by atoms with E-state index in [2.05, 4.69) is 46.5 Å². The molecular formula is C20H20N4O. The van der Waals surface area contributed by atoms with Crippen molar-refractivity contribution in [2.24, 2.45) is 5.92 Å². The van der Waals surface area contributed by atoms with Crippen LogP contribution in [0, 0.1) is 5.92 Å². The van der Waals surface area contributed by atoms with Gasteiger partial charge in [0.1, 0.15) is 12.1 Å². The van der Waals surface area contributed by atoms with Crippen LogP contribution >= 0.6 is 0 Å². The van der Waals surface area contributed by atoms with Gasteiger partial charge in [0.15, 0.2) is 0 Å². The molecule has 0 bridgehead atoms. The minimum atomic E-state index is -0.0602. The van der Waals surface area contributed by atoms with Crippen LogP contribution < -0.4 is 5.32 Å². The number of nitrogens with one attached hydrogen (secondary N) is 1. The van der Waals surface area contributed by atoms with E-state index in [1.54, 1.807) is 41.6 Å². The number of carbonyl (C=O) groups excluding carboxylic acids is 1. The second-order valence-corrected chi connectivity index (χ2v) is 6.55. The van der Waals surface area contributed by atoms with E-state index in [-0.39, 0.29) is 11.9 Å². The summed E-state index contributed by atoms with van der Waals surface area (Å²) in [6.45, 7) is 2.09. The molecule has 0 unspecified atom stereocenters. The molecule has 0 saturated heterocycles. The fourth-order valence-electron chi connectivity index (χ4n) is 3.34. The zero-order valence-electron chi connectivity index (χ0n) is 14.0. The number of benzene rings is 1. The van der Waals surface area contributed by atoms with Gasteiger partial charge in [0.25, 0.3) is 5.91 Å². The Morgan fingerprint density at radius 2 is 2.08 bits per heavy atom. The summed E-state index contributed by atoms with van der Waals surface area (Å²) < 4.78 is 1.78. The number of aromatic nitrogens is 3. The van der Waals surface area contributed by atoms with Gasteiger partial charge in [0, 0.05) is 30.2 Å². The van der Waals surface area contributed by atoms with Gasteiger partial charge in [-0.25, -0.2) is 9.97 Å². The number of pyridine rings is 1. The Morgan fingerprint density at radius 3 is 2.84 bits per heavy atom. The van der Waals surface area contributed by atoms with Gasteiger partial charge in [0.05, 0.1) is 0 Å². The third-order valence-electron chi connectivity index (χ3n) is 4.85. The van der Waals surface area contributed by atoms with Gasteiger partial charge in [0.2, 0.25) is 0 Å². The Balaban J connectivity index is 1.42. The maximum atomic E-state index is 12.6. The summed E-state index contributed by atoms with van der Waals surface area (Å²) in [5.74, 6) is 1.68. The SMILES string of the molecule is C[C@H](NC(=O)c1ccnc(-n2ccnc2)c1)[C@H]1C[C@H]1c1ccccc1. The van der Waals surface area contributed by atoms with Crippen LogP contribution in [-0.4, -0.2) is 26.5 Å². The zero-order valence-corrected chi connectivity index (χ0v) is 14.0. The van der Waals surface area contributed by atoms with Crippen molar-refractivity contribution in [2.75, 3.05) is 0 Å². The molecule has 3 atom stereocenters. The van der Waals surface area contributed by atoms with E-state index in [4.69, 9.17) is 0 Å². The molecule has 1 fully saturated rings. The molecule has 0 spiro atoms. The van der Waals surface area contributed by atoms with Crippen molar-refractivity contribution in [2.45, 2.75) is 25.3 Å². The number of carbonyl (C=O) groups is 1. The van der Waals surface area contributed by atoms with Gasteiger partial charge in [-0.05, 0) is 42.9 Å². The highest BCUT2D eigenvalue weighted by Crippen LogP contribution is 2.49. The molecule has 1 aliphatic carbocycles.